The number of hydrogen-bond acceptors (Lipinski definition) is 18. The molecule has 21 heteroatoms. The van der Waals surface area contributed by atoms with Gasteiger partial charge in [-0.15, -0.1) is 0 Å². The molecule has 0 saturated carbocycles. The van der Waals surface area contributed by atoms with Crippen LogP contribution in [0.15, 0.2) is 97.6 Å². The molecule has 6 aromatic heterocycles. The number of rotatable bonds is 50. The van der Waals surface area contributed by atoms with Gasteiger partial charge in [-0.3, -0.25) is 0 Å². The van der Waals surface area contributed by atoms with Crippen LogP contribution < -0.4 is 29.4 Å². The van der Waals surface area contributed by atoms with Gasteiger partial charge in [0.05, 0.1) is 0 Å². The van der Waals surface area contributed by atoms with Crippen molar-refractivity contribution in [3.8, 4) is 0 Å². The van der Waals surface area contributed by atoms with Crippen molar-refractivity contribution >= 4 is 93.7 Å². The molecule has 0 atom stereocenters. The van der Waals surface area contributed by atoms with Gasteiger partial charge in [0.1, 0.15) is 23.3 Å². The summed E-state index contributed by atoms with van der Waals surface area (Å²) >= 11 is 7.40. The molecular formula is C76H120CoN18S2. The van der Waals surface area contributed by atoms with Gasteiger partial charge < -0.3 is 30.4 Å². The molecule has 0 aliphatic heterocycles. The summed E-state index contributed by atoms with van der Waals surface area (Å²) in [5, 5.41) is 16.9. The zero-order valence-corrected chi connectivity index (χ0v) is 63.4. The Bertz CT molecular complexity index is 2460. The first kappa shape index (κ1) is 86.6. The number of nitrogens with zero attached hydrogens (tertiary/aromatic N) is 18. The monoisotopic (exact) mass is 1410 g/mol. The minimum atomic E-state index is 0. The molecule has 6 heterocycles. The molecule has 0 amide bonds. The number of pyridine rings is 4. The Hall–Kier alpha value is -6.47. The summed E-state index contributed by atoms with van der Waals surface area (Å²) < 4.78 is 0. The van der Waals surface area contributed by atoms with E-state index in [4.69, 9.17) is 60.7 Å². The van der Waals surface area contributed by atoms with Gasteiger partial charge in [-0.1, -0.05) is 258 Å². The van der Waals surface area contributed by atoms with Crippen LogP contribution in [0.2, 0.25) is 0 Å². The zero-order valence-electron chi connectivity index (χ0n) is 60.7. The van der Waals surface area contributed by atoms with Gasteiger partial charge in [-0.05, 0) is 99.9 Å². The van der Waals surface area contributed by atoms with E-state index in [-0.39, 0.29) is 16.8 Å². The molecule has 0 spiro atoms. The van der Waals surface area contributed by atoms with Crippen molar-refractivity contribution < 1.29 is 16.8 Å². The average Bonchev–Trinajstić information content (AvgIpc) is 0.816. The standard InChI is InChI=1S/2C37H60N8.2CNS.Co/c2*1-5-9-13-21-29-43(30-22-14-10-6-2)35-40-36(44(31-23-15-11-7-3)32-24-16-12-8-4)42-37(41-35)45(33-25-17-19-27-38-33)34-26-18-20-28-39-34;2*2-1-3;/h2*17-20,25-28H,5-16,21-24,29-32H2,1-4H3;;;/q;;2*-1;+2. The van der Waals surface area contributed by atoms with E-state index in [1.807, 2.05) is 107 Å². The number of aromatic nitrogens is 10. The number of thiocarbonyl (C=S) groups is 2. The van der Waals surface area contributed by atoms with Crippen molar-refractivity contribution in [2.24, 2.45) is 0 Å². The van der Waals surface area contributed by atoms with Crippen molar-refractivity contribution in [3.05, 3.63) is 108 Å². The van der Waals surface area contributed by atoms with Gasteiger partial charge in [0.15, 0.2) is 0 Å². The molecule has 0 aromatic carbocycles. The molecule has 535 valence electrons. The fourth-order valence-corrected chi connectivity index (χ4v) is 11.1. The van der Waals surface area contributed by atoms with E-state index in [1.54, 1.807) is 0 Å². The van der Waals surface area contributed by atoms with Gasteiger partial charge in [0.2, 0.25) is 35.7 Å². The molecule has 6 aromatic rings. The van der Waals surface area contributed by atoms with Crippen molar-refractivity contribution in [3.63, 3.8) is 0 Å². The van der Waals surface area contributed by atoms with E-state index < -0.39 is 0 Å². The van der Waals surface area contributed by atoms with Gasteiger partial charge in [-0.25, -0.2) is 29.7 Å². The Balaban J connectivity index is 0.000000604. The molecule has 97 heavy (non-hydrogen) atoms. The normalized spacial score (nSPS) is 10.5. The Kier molecular flexibility index (Phi) is 52.2. The minimum absolute atomic E-state index is 0. The van der Waals surface area contributed by atoms with Gasteiger partial charge in [-0.2, -0.15) is 40.2 Å². The summed E-state index contributed by atoms with van der Waals surface area (Å²) in [7, 11) is 0. The van der Waals surface area contributed by atoms with E-state index in [0.29, 0.717) is 11.9 Å². The fraction of sp³-hybridized carbons (Fsp3) is 0.632. The summed E-state index contributed by atoms with van der Waals surface area (Å²) in [5.41, 5.74) is 0. The zero-order chi connectivity index (χ0) is 69.3. The Morgan fingerprint density at radius 2 is 0.433 bits per heavy atom. The van der Waals surface area contributed by atoms with Crippen LogP contribution >= 0.6 is 24.4 Å². The maximum absolute atomic E-state index is 7.13. The fourth-order valence-electron chi connectivity index (χ4n) is 11.1. The van der Waals surface area contributed by atoms with Crippen LogP contribution in [0, 0.1) is 0 Å². The van der Waals surface area contributed by atoms with Crippen molar-refractivity contribution in [1.29, 1.82) is 0 Å². The second-order valence-electron chi connectivity index (χ2n) is 24.5. The minimum Gasteiger partial charge on any atom is -0.753 e. The maximum Gasteiger partial charge on any atom is 2.00 e. The van der Waals surface area contributed by atoms with E-state index in [2.05, 4.69) is 99.4 Å². The second kappa shape index (κ2) is 58.5. The van der Waals surface area contributed by atoms with Crippen molar-refractivity contribution in [1.82, 2.24) is 49.8 Å². The van der Waals surface area contributed by atoms with Crippen LogP contribution in [0.25, 0.3) is 10.8 Å². The summed E-state index contributed by atoms with van der Waals surface area (Å²) in [6.45, 7) is 25.8. The third-order valence-electron chi connectivity index (χ3n) is 16.5. The van der Waals surface area contributed by atoms with Crippen LogP contribution in [0.5, 0.6) is 0 Å². The molecule has 1 radical (unpaired) electrons. The first-order valence-corrected chi connectivity index (χ1v) is 37.9. The molecule has 0 bridgehead atoms. The predicted octanol–water partition coefficient (Wildman–Crippen LogP) is 21.4. The number of unbranched alkanes of at least 4 members (excludes halogenated alkanes) is 24. The molecule has 0 aliphatic carbocycles. The summed E-state index contributed by atoms with van der Waals surface area (Å²) in [6.07, 6.45) is 46.0. The molecule has 0 aliphatic rings. The Morgan fingerprint density at radius 1 is 0.268 bits per heavy atom. The second-order valence-corrected chi connectivity index (χ2v) is 24.9. The SMILES string of the molecule is CCCCCCN(CCCCCC)c1nc(N(CCCCCC)CCCCCC)nc(N(c2ccccn2)c2ccccn2)n1.CCCCCCN(CCCCCC)c1nc(N(CCCCCC)CCCCCC)nc(N(c2ccccn2)c2ccccn2)n1.[Co+2].[N-]=C=S.[N-]=C=S. The summed E-state index contributed by atoms with van der Waals surface area (Å²) in [5.74, 6) is 7.21. The van der Waals surface area contributed by atoms with E-state index >= 15 is 0 Å². The maximum atomic E-state index is 7.13. The molecule has 0 unspecified atom stereocenters. The van der Waals surface area contributed by atoms with Crippen LogP contribution in [0.3, 0.4) is 0 Å². The summed E-state index contributed by atoms with van der Waals surface area (Å²) in [4.78, 5) is 63.9. The van der Waals surface area contributed by atoms with Gasteiger partial charge in [0, 0.05) is 77.1 Å². The molecule has 0 fully saturated rings. The molecule has 6 rings (SSSR count). The summed E-state index contributed by atoms with van der Waals surface area (Å²) in [6, 6.07) is 23.8. The van der Waals surface area contributed by atoms with Gasteiger partial charge >= 0.3 is 16.8 Å². The van der Waals surface area contributed by atoms with E-state index in [0.717, 1.165) is 151 Å². The Labute approximate surface area is 607 Å². The van der Waals surface area contributed by atoms with Crippen LogP contribution in [-0.2, 0) is 16.8 Å². The van der Waals surface area contributed by atoms with Crippen molar-refractivity contribution in [2.75, 3.05) is 81.8 Å². The van der Waals surface area contributed by atoms with Crippen molar-refractivity contribution in [2.45, 2.75) is 261 Å². The van der Waals surface area contributed by atoms with Crippen LogP contribution in [-0.4, -0.2) is 113 Å². The van der Waals surface area contributed by atoms with E-state index in [1.165, 1.54) is 164 Å². The average molecular weight is 1410 g/mol. The molecule has 0 saturated heterocycles. The van der Waals surface area contributed by atoms with Crippen LogP contribution in [0.1, 0.15) is 261 Å². The third kappa shape index (κ3) is 36.3. The third-order valence-corrected chi connectivity index (χ3v) is 16.5. The molecular weight excluding hydrogens is 1290 g/mol. The van der Waals surface area contributed by atoms with Gasteiger partial charge in [0.25, 0.3) is 0 Å². The molecule has 0 N–H and O–H groups in total. The smallest absolute Gasteiger partial charge is 0.753 e. The van der Waals surface area contributed by atoms with E-state index in [9.17, 15) is 0 Å². The topological polar surface area (TPSA) is 193 Å². The number of isothiocyanates is 2. The first-order valence-electron chi connectivity index (χ1n) is 37.0. The first-order chi connectivity index (χ1) is 47.2. The molecule has 18 nitrogen and oxygen atoms in total. The quantitative estimate of drug-likeness (QED) is 0.0199. The van der Waals surface area contributed by atoms with Crippen LogP contribution in [0.4, 0.5) is 59.0 Å². The number of hydrogen-bond donors (Lipinski definition) is 0. The number of anilines is 10. The Morgan fingerprint density at radius 3 is 0.577 bits per heavy atom. The predicted molar refractivity (Wildman–Crippen MR) is 414 cm³/mol. The largest absolute Gasteiger partial charge is 2.00 e.